The van der Waals surface area contributed by atoms with Crippen LogP contribution >= 0.6 is 0 Å². The Bertz CT molecular complexity index is 360. The van der Waals surface area contributed by atoms with E-state index in [9.17, 15) is 0 Å². The van der Waals surface area contributed by atoms with Crippen LogP contribution in [-0.4, -0.2) is 0 Å². The fourth-order valence-electron chi connectivity index (χ4n) is 3.28. The molecule has 0 spiro atoms. The third kappa shape index (κ3) is 2.91. The second-order valence-corrected chi connectivity index (χ2v) is 7.03. The SMILES string of the molecule is CC(C)C(c1ccc(C2CC2)cc1)C(C)(C)C. The van der Waals surface area contributed by atoms with Gasteiger partial charge in [-0.1, -0.05) is 58.9 Å². The summed E-state index contributed by atoms with van der Waals surface area (Å²) in [5.41, 5.74) is 3.40. The maximum Gasteiger partial charge on any atom is -0.00902 e. The van der Waals surface area contributed by atoms with Crippen molar-refractivity contribution < 1.29 is 0 Å². The van der Waals surface area contributed by atoms with E-state index in [1.54, 1.807) is 5.56 Å². The van der Waals surface area contributed by atoms with Crippen molar-refractivity contribution in [3.8, 4) is 0 Å². The van der Waals surface area contributed by atoms with E-state index in [2.05, 4.69) is 58.9 Å². The van der Waals surface area contributed by atoms with Crippen molar-refractivity contribution in [1.29, 1.82) is 0 Å². The van der Waals surface area contributed by atoms with Gasteiger partial charge in [-0.15, -0.1) is 0 Å². The molecule has 0 bridgehead atoms. The van der Waals surface area contributed by atoms with E-state index in [4.69, 9.17) is 0 Å². The van der Waals surface area contributed by atoms with Gasteiger partial charge < -0.3 is 0 Å². The molecule has 1 saturated carbocycles. The van der Waals surface area contributed by atoms with Crippen molar-refractivity contribution in [1.82, 2.24) is 0 Å². The number of rotatable bonds is 3. The van der Waals surface area contributed by atoms with Crippen LogP contribution in [0.3, 0.4) is 0 Å². The summed E-state index contributed by atoms with van der Waals surface area (Å²) in [7, 11) is 0. The van der Waals surface area contributed by atoms with Gasteiger partial charge in [0.05, 0.1) is 0 Å². The summed E-state index contributed by atoms with van der Waals surface area (Å²) in [5, 5.41) is 0. The minimum Gasteiger partial charge on any atom is -0.0622 e. The van der Waals surface area contributed by atoms with Crippen molar-refractivity contribution in [2.45, 2.75) is 59.3 Å². The van der Waals surface area contributed by atoms with Crippen molar-refractivity contribution in [2.75, 3.05) is 0 Å². The van der Waals surface area contributed by atoms with Gasteiger partial charge in [0.25, 0.3) is 0 Å². The van der Waals surface area contributed by atoms with E-state index in [0.29, 0.717) is 17.3 Å². The van der Waals surface area contributed by atoms with Crippen LogP contribution in [0, 0.1) is 11.3 Å². The van der Waals surface area contributed by atoms with Gasteiger partial charge in [-0.2, -0.15) is 0 Å². The van der Waals surface area contributed by atoms with E-state index in [-0.39, 0.29) is 0 Å². The lowest BCUT2D eigenvalue weighted by atomic mass is 9.70. The molecule has 1 aliphatic rings. The number of hydrogen-bond donors (Lipinski definition) is 0. The fourth-order valence-corrected chi connectivity index (χ4v) is 3.28. The summed E-state index contributed by atoms with van der Waals surface area (Å²) in [6.45, 7) is 11.7. The quantitative estimate of drug-likeness (QED) is 0.656. The summed E-state index contributed by atoms with van der Waals surface area (Å²) in [6.07, 6.45) is 2.79. The third-order valence-corrected chi connectivity index (χ3v) is 3.94. The third-order valence-electron chi connectivity index (χ3n) is 3.94. The zero-order chi connectivity index (χ0) is 12.6. The van der Waals surface area contributed by atoms with Crippen LogP contribution in [-0.2, 0) is 0 Å². The van der Waals surface area contributed by atoms with Crippen LogP contribution in [0.5, 0.6) is 0 Å². The molecular formula is C17H26. The zero-order valence-corrected chi connectivity index (χ0v) is 12.0. The molecule has 1 fully saturated rings. The molecule has 0 saturated heterocycles. The van der Waals surface area contributed by atoms with Crippen LogP contribution in [0.4, 0.5) is 0 Å². The van der Waals surface area contributed by atoms with Crippen LogP contribution in [0.15, 0.2) is 24.3 Å². The van der Waals surface area contributed by atoms with E-state index in [1.807, 2.05) is 0 Å². The number of hydrogen-bond acceptors (Lipinski definition) is 0. The minimum absolute atomic E-state index is 0.343. The molecule has 0 heteroatoms. The Morgan fingerprint density at radius 2 is 1.53 bits per heavy atom. The van der Waals surface area contributed by atoms with Crippen molar-refractivity contribution in [3.63, 3.8) is 0 Å². The van der Waals surface area contributed by atoms with E-state index in [0.717, 1.165) is 5.92 Å². The Hall–Kier alpha value is -0.780. The highest BCUT2D eigenvalue weighted by Crippen LogP contribution is 2.43. The van der Waals surface area contributed by atoms with E-state index in [1.165, 1.54) is 18.4 Å². The fraction of sp³-hybridized carbons (Fsp3) is 0.647. The molecule has 0 aliphatic heterocycles. The predicted molar refractivity (Wildman–Crippen MR) is 75.5 cm³/mol. The van der Waals surface area contributed by atoms with Crippen molar-refractivity contribution >= 4 is 0 Å². The summed E-state index contributed by atoms with van der Waals surface area (Å²) in [6, 6.07) is 9.44. The molecule has 0 N–H and O–H groups in total. The second kappa shape index (κ2) is 4.48. The van der Waals surface area contributed by atoms with Crippen LogP contribution in [0.25, 0.3) is 0 Å². The highest BCUT2D eigenvalue weighted by Gasteiger charge is 2.29. The zero-order valence-electron chi connectivity index (χ0n) is 12.0. The molecule has 17 heavy (non-hydrogen) atoms. The van der Waals surface area contributed by atoms with Gasteiger partial charge in [-0.3, -0.25) is 0 Å². The highest BCUT2D eigenvalue weighted by molar-refractivity contribution is 5.31. The normalized spacial score (nSPS) is 18.5. The second-order valence-electron chi connectivity index (χ2n) is 7.03. The summed E-state index contributed by atoms with van der Waals surface area (Å²) >= 11 is 0. The Morgan fingerprint density at radius 3 is 1.88 bits per heavy atom. The molecule has 0 amide bonds. The summed E-state index contributed by atoms with van der Waals surface area (Å²) < 4.78 is 0. The first-order chi connectivity index (χ1) is 7.89. The molecule has 2 rings (SSSR count). The highest BCUT2D eigenvalue weighted by atomic mass is 14.3. The molecule has 1 atom stereocenters. The maximum atomic E-state index is 2.36. The Balaban J connectivity index is 2.23. The van der Waals surface area contributed by atoms with Crippen molar-refractivity contribution in [2.24, 2.45) is 11.3 Å². The molecule has 1 aliphatic carbocycles. The largest absolute Gasteiger partial charge is 0.0622 e. The molecule has 0 aromatic heterocycles. The lowest BCUT2D eigenvalue weighted by molar-refractivity contribution is 0.258. The molecular weight excluding hydrogens is 204 g/mol. The first-order valence-corrected chi connectivity index (χ1v) is 6.99. The molecule has 0 heterocycles. The molecule has 1 unspecified atom stereocenters. The monoisotopic (exact) mass is 230 g/mol. The van der Waals surface area contributed by atoms with Crippen LogP contribution in [0.1, 0.15) is 70.4 Å². The van der Waals surface area contributed by atoms with Crippen molar-refractivity contribution in [3.05, 3.63) is 35.4 Å². The first-order valence-electron chi connectivity index (χ1n) is 6.99. The topological polar surface area (TPSA) is 0 Å². The molecule has 94 valence electrons. The van der Waals surface area contributed by atoms with E-state index >= 15 is 0 Å². The summed E-state index contributed by atoms with van der Waals surface area (Å²) in [4.78, 5) is 0. The number of benzene rings is 1. The lowest BCUT2D eigenvalue weighted by Crippen LogP contribution is -2.23. The molecule has 0 nitrogen and oxygen atoms in total. The van der Waals surface area contributed by atoms with Gasteiger partial charge >= 0.3 is 0 Å². The lowest BCUT2D eigenvalue weighted by Gasteiger charge is -2.34. The Kier molecular flexibility index (Phi) is 3.34. The standard InChI is InChI=1S/C17H26/c1-12(2)16(17(3,4)5)15-10-8-14(9-11-15)13-6-7-13/h8-13,16H,6-7H2,1-5H3. The first kappa shape index (κ1) is 12.7. The van der Waals surface area contributed by atoms with E-state index < -0.39 is 0 Å². The van der Waals surface area contributed by atoms with Crippen LogP contribution in [0.2, 0.25) is 0 Å². The average molecular weight is 230 g/mol. The Labute approximate surface area is 106 Å². The average Bonchev–Trinajstić information content (AvgIpc) is 2.99. The van der Waals surface area contributed by atoms with Gasteiger partial charge in [0, 0.05) is 0 Å². The van der Waals surface area contributed by atoms with Gasteiger partial charge in [-0.05, 0) is 47.1 Å². The molecule has 1 aromatic rings. The predicted octanol–water partition coefficient (Wildman–Crippen LogP) is 5.35. The smallest absolute Gasteiger partial charge is 0.00902 e. The summed E-state index contributed by atoms with van der Waals surface area (Å²) in [5.74, 6) is 2.22. The van der Waals surface area contributed by atoms with Crippen LogP contribution < -0.4 is 0 Å². The Morgan fingerprint density at radius 1 is 1.00 bits per heavy atom. The molecule has 0 radical (unpaired) electrons. The van der Waals surface area contributed by atoms with Gasteiger partial charge in [0.15, 0.2) is 0 Å². The van der Waals surface area contributed by atoms with Gasteiger partial charge in [-0.25, -0.2) is 0 Å². The maximum absolute atomic E-state index is 2.36. The molecule has 1 aromatic carbocycles. The van der Waals surface area contributed by atoms with Gasteiger partial charge in [0.2, 0.25) is 0 Å². The van der Waals surface area contributed by atoms with Gasteiger partial charge in [0.1, 0.15) is 0 Å². The minimum atomic E-state index is 0.343.